The molecule has 1 aromatic carbocycles. The fraction of sp³-hybridized carbons (Fsp3) is 0.562. The first-order chi connectivity index (χ1) is 10.1. The highest BCUT2D eigenvalue weighted by molar-refractivity contribution is 6.30. The van der Waals surface area contributed by atoms with Gasteiger partial charge in [0.05, 0.1) is 25.2 Å². The quantitative estimate of drug-likeness (QED) is 0.890. The zero-order chi connectivity index (χ0) is 15.2. The molecule has 1 aliphatic rings. The van der Waals surface area contributed by atoms with Crippen LogP contribution in [0.5, 0.6) is 0 Å². The van der Waals surface area contributed by atoms with Gasteiger partial charge in [0, 0.05) is 24.7 Å². The molecular formula is C16H24Cl2N2O2. The van der Waals surface area contributed by atoms with Crippen LogP contribution in [0, 0.1) is 0 Å². The van der Waals surface area contributed by atoms with Gasteiger partial charge in [0.25, 0.3) is 0 Å². The fourth-order valence-corrected chi connectivity index (χ4v) is 2.74. The third kappa shape index (κ3) is 5.43. The number of nitrogens with zero attached hydrogens (tertiary/aromatic N) is 1. The van der Waals surface area contributed by atoms with E-state index >= 15 is 0 Å². The van der Waals surface area contributed by atoms with E-state index in [9.17, 15) is 4.79 Å². The number of nitrogens with one attached hydrogen (secondary N) is 1. The smallest absolute Gasteiger partial charge is 0.225 e. The van der Waals surface area contributed by atoms with Gasteiger partial charge in [0.15, 0.2) is 0 Å². The van der Waals surface area contributed by atoms with Crippen LogP contribution in [0.3, 0.4) is 0 Å². The molecule has 0 aromatic heterocycles. The molecule has 1 amide bonds. The summed E-state index contributed by atoms with van der Waals surface area (Å²) in [5, 5.41) is 4.05. The molecule has 2 rings (SSSR count). The zero-order valence-corrected chi connectivity index (χ0v) is 14.6. The highest BCUT2D eigenvalue weighted by atomic mass is 35.5. The largest absolute Gasteiger partial charge is 0.378 e. The maximum atomic E-state index is 12.4. The van der Waals surface area contributed by atoms with Gasteiger partial charge in [-0.3, -0.25) is 4.79 Å². The van der Waals surface area contributed by atoms with E-state index in [1.165, 1.54) is 0 Å². The molecule has 124 valence electrons. The molecule has 1 atom stereocenters. The number of carbonyl (C=O) groups excluding carboxylic acids is 1. The van der Waals surface area contributed by atoms with Gasteiger partial charge in [-0.15, -0.1) is 12.4 Å². The van der Waals surface area contributed by atoms with Crippen LogP contribution in [-0.2, 0) is 9.53 Å². The maximum absolute atomic E-state index is 12.4. The van der Waals surface area contributed by atoms with E-state index in [4.69, 9.17) is 16.3 Å². The lowest BCUT2D eigenvalue weighted by molar-refractivity contribution is -0.136. The summed E-state index contributed by atoms with van der Waals surface area (Å²) in [6.07, 6.45) is 0.583. The van der Waals surface area contributed by atoms with Crippen molar-refractivity contribution < 1.29 is 9.53 Å². The van der Waals surface area contributed by atoms with E-state index in [0.29, 0.717) is 18.1 Å². The van der Waals surface area contributed by atoms with Gasteiger partial charge in [-0.25, -0.2) is 0 Å². The summed E-state index contributed by atoms with van der Waals surface area (Å²) in [5.74, 6) is 0.141. The third-order valence-corrected chi connectivity index (χ3v) is 3.80. The van der Waals surface area contributed by atoms with Gasteiger partial charge in [0.1, 0.15) is 0 Å². The van der Waals surface area contributed by atoms with Gasteiger partial charge in [-0.1, -0.05) is 23.7 Å². The summed E-state index contributed by atoms with van der Waals surface area (Å²) in [4.78, 5) is 14.4. The second-order valence-electron chi connectivity index (χ2n) is 5.53. The van der Waals surface area contributed by atoms with Gasteiger partial charge >= 0.3 is 0 Å². The van der Waals surface area contributed by atoms with Crippen molar-refractivity contribution in [2.45, 2.75) is 32.4 Å². The predicted molar refractivity (Wildman–Crippen MR) is 91.7 cm³/mol. The molecule has 1 aromatic rings. The van der Waals surface area contributed by atoms with Crippen LogP contribution in [0.15, 0.2) is 24.3 Å². The van der Waals surface area contributed by atoms with E-state index in [0.717, 1.165) is 25.2 Å². The Balaban J connectivity index is 0.00000242. The molecule has 4 nitrogen and oxygen atoms in total. The average Bonchev–Trinajstić information content (AvgIpc) is 2.47. The van der Waals surface area contributed by atoms with Crippen LogP contribution in [0.2, 0.25) is 5.02 Å². The Morgan fingerprint density at radius 2 is 2.27 bits per heavy atom. The minimum absolute atomic E-state index is 0. The molecule has 0 bridgehead atoms. The second kappa shape index (κ2) is 9.36. The lowest BCUT2D eigenvalue weighted by Gasteiger charge is -2.36. The van der Waals surface area contributed by atoms with Crippen LogP contribution in [0.4, 0.5) is 0 Å². The first-order valence-electron chi connectivity index (χ1n) is 7.45. The molecule has 0 aliphatic carbocycles. The van der Waals surface area contributed by atoms with E-state index in [1.807, 2.05) is 43.0 Å². The number of piperazine rings is 1. The highest BCUT2D eigenvalue weighted by Crippen LogP contribution is 2.25. The Hall–Kier alpha value is -0.810. The Labute approximate surface area is 143 Å². The van der Waals surface area contributed by atoms with E-state index in [2.05, 4.69) is 5.32 Å². The molecule has 1 N–H and O–H groups in total. The summed E-state index contributed by atoms with van der Waals surface area (Å²) in [6, 6.07) is 7.78. The molecule has 1 aliphatic heterocycles. The highest BCUT2D eigenvalue weighted by Gasteiger charge is 2.27. The van der Waals surface area contributed by atoms with Crippen molar-refractivity contribution in [3.63, 3.8) is 0 Å². The predicted octanol–water partition coefficient (Wildman–Crippen LogP) is 3.05. The lowest BCUT2D eigenvalue weighted by Crippen LogP contribution is -2.48. The fourth-order valence-electron chi connectivity index (χ4n) is 2.54. The number of ether oxygens (including phenoxy) is 1. The summed E-state index contributed by atoms with van der Waals surface area (Å²) < 4.78 is 5.48. The van der Waals surface area contributed by atoms with Gasteiger partial charge in [-0.2, -0.15) is 0 Å². The molecule has 0 spiro atoms. The van der Waals surface area contributed by atoms with Crippen molar-refractivity contribution in [3.05, 3.63) is 34.9 Å². The Bertz CT molecular complexity index is 483. The molecule has 1 heterocycles. The SMILES string of the molecule is CC(C)OCCC(=O)N1CCNCC1c1cccc(Cl)c1.Cl. The number of hydrogen-bond acceptors (Lipinski definition) is 3. The van der Waals surface area contributed by atoms with E-state index in [1.54, 1.807) is 0 Å². The maximum Gasteiger partial charge on any atom is 0.225 e. The van der Waals surface area contributed by atoms with Gasteiger partial charge in [-0.05, 0) is 31.5 Å². The van der Waals surface area contributed by atoms with Crippen molar-refractivity contribution in [1.82, 2.24) is 10.2 Å². The molecule has 0 saturated carbocycles. The van der Waals surface area contributed by atoms with Crippen molar-refractivity contribution in [2.24, 2.45) is 0 Å². The van der Waals surface area contributed by atoms with Gasteiger partial charge < -0.3 is 15.0 Å². The van der Waals surface area contributed by atoms with E-state index in [-0.39, 0.29) is 30.5 Å². The minimum Gasteiger partial charge on any atom is -0.378 e. The number of benzene rings is 1. The topological polar surface area (TPSA) is 41.6 Å². The number of halogens is 2. The summed E-state index contributed by atoms with van der Waals surface area (Å²) in [6.45, 7) is 6.74. The van der Waals surface area contributed by atoms with Crippen LogP contribution >= 0.6 is 24.0 Å². The number of rotatable bonds is 5. The monoisotopic (exact) mass is 346 g/mol. The molecule has 6 heteroatoms. The van der Waals surface area contributed by atoms with Crippen LogP contribution in [-0.4, -0.2) is 43.2 Å². The second-order valence-corrected chi connectivity index (χ2v) is 5.97. The summed E-state index contributed by atoms with van der Waals surface area (Å²) in [7, 11) is 0. The first-order valence-corrected chi connectivity index (χ1v) is 7.83. The third-order valence-electron chi connectivity index (χ3n) is 3.56. The number of amides is 1. The zero-order valence-electron chi connectivity index (χ0n) is 13.0. The van der Waals surface area contributed by atoms with Crippen LogP contribution < -0.4 is 5.32 Å². The summed E-state index contributed by atoms with van der Waals surface area (Å²) >= 11 is 6.07. The minimum atomic E-state index is 0. The van der Waals surface area contributed by atoms with Gasteiger partial charge in [0.2, 0.25) is 5.91 Å². The Morgan fingerprint density at radius 1 is 1.50 bits per heavy atom. The van der Waals surface area contributed by atoms with Crippen LogP contribution in [0.25, 0.3) is 0 Å². The first kappa shape index (κ1) is 19.2. The molecule has 1 fully saturated rings. The molecule has 1 saturated heterocycles. The van der Waals surface area contributed by atoms with Crippen molar-refractivity contribution in [2.75, 3.05) is 26.2 Å². The lowest BCUT2D eigenvalue weighted by atomic mass is 10.0. The molecular weight excluding hydrogens is 323 g/mol. The molecule has 0 radical (unpaired) electrons. The van der Waals surface area contributed by atoms with Crippen LogP contribution in [0.1, 0.15) is 31.9 Å². The standard InChI is InChI=1S/C16H23ClN2O2.ClH/c1-12(2)21-9-6-16(20)19-8-7-18-11-15(19)13-4-3-5-14(17)10-13;/h3-5,10,12,15,18H,6-9,11H2,1-2H3;1H. The molecule has 1 unspecified atom stereocenters. The van der Waals surface area contributed by atoms with Crippen molar-refractivity contribution in [3.8, 4) is 0 Å². The summed E-state index contributed by atoms with van der Waals surface area (Å²) in [5.41, 5.74) is 1.08. The number of hydrogen-bond donors (Lipinski definition) is 1. The average molecular weight is 347 g/mol. The van der Waals surface area contributed by atoms with Crippen molar-refractivity contribution in [1.29, 1.82) is 0 Å². The van der Waals surface area contributed by atoms with Crippen molar-refractivity contribution >= 4 is 29.9 Å². The molecule has 22 heavy (non-hydrogen) atoms. The normalized spacial score (nSPS) is 18.2. The Kier molecular flexibility index (Phi) is 8.18. The number of carbonyl (C=O) groups is 1. The Morgan fingerprint density at radius 3 is 2.95 bits per heavy atom. The van der Waals surface area contributed by atoms with E-state index < -0.39 is 0 Å².